The molecule has 1 aromatic heterocycles. The number of hydrogen-bond acceptors (Lipinski definition) is 5. The van der Waals surface area contributed by atoms with Gasteiger partial charge in [-0.15, -0.1) is 0 Å². The first-order chi connectivity index (χ1) is 11.5. The Hall–Kier alpha value is -2.21. The molecule has 1 aliphatic rings. The third-order valence-electron chi connectivity index (χ3n) is 3.95. The Kier molecular flexibility index (Phi) is 4.66. The lowest BCUT2D eigenvalue weighted by atomic mass is 10.1. The minimum atomic E-state index is -3.56. The lowest BCUT2D eigenvalue weighted by Crippen LogP contribution is -2.38. The summed E-state index contributed by atoms with van der Waals surface area (Å²) < 4.78 is 35.2. The number of aryl methyl sites for hydroxylation is 1. The van der Waals surface area contributed by atoms with E-state index >= 15 is 0 Å². The largest absolute Gasteiger partial charge is 0.369 e. The van der Waals surface area contributed by atoms with Crippen LogP contribution in [-0.4, -0.2) is 30.6 Å². The summed E-state index contributed by atoms with van der Waals surface area (Å²) >= 11 is 0. The van der Waals surface area contributed by atoms with Gasteiger partial charge in [-0.3, -0.25) is 0 Å². The van der Waals surface area contributed by atoms with Crippen LogP contribution < -0.4 is 4.72 Å². The predicted octanol–water partition coefficient (Wildman–Crippen LogP) is 1.24. The van der Waals surface area contributed by atoms with Crippen LogP contribution in [0.5, 0.6) is 0 Å². The minimum Gasteiger partial charge on any atom is -0.369 e. The summed E-state index contributed by atoms with van der Waals surface area (Å²) in [6.07, 6.45) is 3.66. The molecule has 1 N–H and O–H groups in total. The monoisotopic (exact) mass is 346 g/mol. The molecule has 0 unspecified atom stereocenters. The topological polar surface area (TPSA) is 97.0 Å². The maximum absolute atomic E-state index is 12.5. The molecule has 0 bridgehead atoms. The Morgan fingerprint density at radius 1 is 1.50 bits per heavy atom. The zero-order valence-corrected chi connectivity index (χ0v) is 14.0. The van der Waals surface area contributed by atoms with Crippen LogP contribution in [0.4, 0.5) is 0 Å². The van der Waals surface area contributed by atoms with Crippen LogP contribution in [0.15, 0.2) is 36.7 Å². The maximum atomic E-state index is 12.5. The number of ether oxygens (including phenoxy) is 1. The Labute approximate surface area is 140 Å². The molecule has 8 heteroatoms. The fourth-order valence-corrected chi connectivity index (χ4v) is 4.24. The van der Waals surface area contributed by atoms with Gasteiger partial charge in [0.2, 0.25) is 10.0 Å². The number of rotatable bonds is 5. The number of nitrogens with one attached hydrogen (secondary N) is 1. The van der Waals surface area contributed by atoms with E-state index in [2.05, 4.69) is 9.71 Å². The Morgan fingerprint density at radius 3 is 3.04 bits per heavy atom. The van der Waals surface area contributed by atoms with Crippen molar-refractivity contribution in [2.75, 3.05) is 6.61 Å². The van der Waals surface area contributed by atoms with Crippen molar-refractivity contribution < 1.29 is 13.2 Å². The van der Waals surface area contributed by atoms with Gasteiger partial charge in [0.1, 0.15) is 11.9 Å². The summed E-state index contributed by atoms with van der Waals surface area (Å²) in [6.45, 7) is 0.481. The SMILES string of the molecule is Cn1ccnc1[C@H]1OCC[C@@H]1NS(=O)(=O)Cc1cccc(C#N)c1. The van der Waals surface area contributed by atoms with Crippen LogP contribution in [0, 0.1) is 11.3 Å². The van der Waals surface area contributed by atoms with E-state index < -0.39 is 16.1 Å². The summed E-state index contributed by atoms with van der Waals surface area (Å²) in [5.41, 5.74) is 1.02. The predicted molar refractivity (Wildman–Crippen MR) is 87.2 cm³/mol. The number of nitrogens with zero attached hydrogens (tertiary/aromatic N) is 3. The molecular formula is C16H18N4O3S. The van der Waals surface area contributed by atoms with Crippen LogP contribution >= 0.6 is 0 Å². The fourth-order valence-electron chi connectivity index (χ4n) is 2.84. The molecule has 1 saturated heterocycles. The highest BCUT2D eigenvalue weighted by molar-refractivity contribution is 7.88. The van der Waals surface area contributed by atoms with Crippen molar-refractivity contribution in [1.29, 1.82) is 5.26 Å². The molecule has 126 valence electrons. The highest BCUT2D eigenvalue weighted by atomic mass is 32.2. The lowest BCUT2D eigenvalue weighted by Gasteiger charge is -2.19. The van der Waals surface area contributed by atoms with Gasteiger partial charge in [0.25, 0.3) is 0 Å². The molecule has 1 aromatic carbocycles. The van der Waals surface area contributed by atoms with Gasteiger partial charge in [0, 0.05) is 26.0 Å². The standard InChI is InChI=1S/C16H18N4O3S/c1-20-7-6-18-16(20)15-14(5-8-23-15)19-24(21,22)11-13-4-2-3-12(9-13)10-17/h2-4,6-7,9,14-15,19H,5,8,11H2,1H3/t14-,15-/m0/s1. The number of hydrogen-bond donors (Lipinski definition) is 1. The van der Waals surface area contributed by atoms with Crippen LogP contribution in [0.3, 0.4) is 0 Å². The number of sulfonamides is 1. The van der Waals surface area contributed by atoms with Crippen molar-refractivity contribution in [3.63, 3.8) is 0 Å². The van der Waals surface area contributed by atoms with E-state index in [1.807, 2.05) is 17.7 Å². The normalized spacial score (nSPS) is 20.8. The molecule has 0 saturated carbocycles. The maximum Gasteiger partial charge on any atom is 0.216 e. The molecular weight excluding hydrogens is 328 g/mol. The van der Waals surface area contributed by atoms with Crippen LogP contribution in [0.2, 0.25) is 0 Å². The molecule has 2 heterocycles. The first-order valence-corrected chi connectivity index (χ1v) is 9.21. The first-order valence-electron chi connectivity index (χ1n) is 7.56. The zero-order valence-electron chi connectivity index (χ0n) is 13.2. The van der Waals surface area contributed by atoms with E-state index in [-0.39, 0.29) is 11.8 Å². The van der Waals surface area contributed by atoms with Crippen molar-refractivity contribution in [3.05, 3.63) is 53.6 Å². The van der Waals surface area contributed by atoms with Crippen molar-refractivity contribution >= 4 is 10.0 Å². The average Bonchev–Trinajstić information content (AvgIpc) is 3.15. The zero-order chi connectivity index (χ0) is 17.2. The van der Waals surface area contributed by atoms with Gasteiger partial charge >= 0.3 is 0 Å². The first kappa shape index (κ1) is 16.6. The second-order valence-electron chi connectivity index (χ2n) is 5.77. The Morgan fingerprint density at radius 2 is 2.33 bits per heavy atom. The summed E-state index contributed by atoms with van der Waals surface area (Å²) in [6, 6.07) is 8.26. The van der Waals surface area contributed by atoms with Gasteiger partial charge in [0.05, 0.1) is 23.4 Å². The molecule has 0 amide bonds. The second-order valence-corrected chi connectivity index (χ2v) is 7.53. The highest BCUT2D eigenvalue weighted by Crippen LogP contribution is 2.28. The minimum absolute atomic E-state index is 0.174. The van der Waals surface area contributed by atoms with Gasteiger partial charge in [-0.05, 0) is 24.1 Å². The van der Waals surface area contributed by atoms with E-state index in [1.54, 1.807) is 36.7 Å². The van der Waals surface area contributed by atoms with Crippen LogP contribution in [0.1, 0.15) is 29.5 Å². The van der Waals surface area contributed by atoms with Crippen molar-refractivity contribution in [2.24, 2.45) is 7.05 Å². The third kappa shape index (κ3) is 3.64. The number of nitriles is 1. The second kappa shape index (κ2) is 6.73. The molecule has 24 heavy (non-hydrogen) atoms. The van der Waals surface area contributed by atoms with E-state index in [1.165, 1.54) is 0 Å². The van der Waals surface area contributed by atoms with Gasteiger partial charge in [-0.25, -0.2) is 18.1 Å². The van der Waals surface area contributed by atoms with E-state index in [4.69, 9.17) is 10.00 Å². The van der Waals surface area contributed by atoms with Crippen molar-refractivity contribution in [3.8, 4) is 6.07 Å². The molecule has 0 aliphatic carbocycles. The van der Waals surface area contributed by atoms with Gasteiger partial charge in [-0.2, -0.15) is 5.26 Å². The highest BCUT2D eigenvalue weighted by Gasteiger charge is 2.35. The average molecular weight is 346 g/mol. The smallest absolute Gasteiger partial charge is 0.216 e. The molecule has 7 nitrogen and oxygen atoms in total. The summed E-state index contributed by atoms with van der Waals surface area (Å²) in [5.74, 6) is 0.526. The van der Waals surface area contributed by atoms with Crippen LogP contribution in [-0.2, 0) is 27.6 Å². The molecule has 3 rings (SSSR count). The number of aromatic nitrogens is 2. The van der Waals surface area contributed by atoms with Gasteiger partial charge in [-0.1, -0.05) is 12.1 Å². The fraction of sp³-hybridized carbons (Fsp3) is 0.375. The Bertz CT molecular complexity index is 869. The third-order valence-corrected chi connectivity index (χ3v) is 5.32. The molecule has 2 atom stereocenters. The molecule has 1 fully saturated rings. The van der Waals surface area contributed by atoms with Gasteiger partial charge < -0.3 is 9.30 Å². The van der Waals surface area contributed by atoms with E-state index in [0.29, 0.717) is 30.0 Å². The Balaban J connectivity index is 1.74. The number of benzene rings is 1. The molecule has 1 aliphatic heterocycles. The van der Waals surface area contributed by atoms with Crippen molar-refractivity contribution in [2.45, 2.75) is 24.3 Å². The quantitative estimate of drug-likeness (QED) is 0.878. The molecule has 2 aromatic rings. The molecule has 0 spiro atoms. The lowest BCUT2D eigenvalue weighted by molar-refractivity contribution is 0.0932. The van der Waals surface area contributed by atoms with E-state index in [9.17, 15) is 8.42 Å². The van der Waals surface area contributed by atoms with Crippen LogP contribution in [0.25, 0.3) is 0 Å². The molecule has 0 radical (unpaired) electrons. The van der Waals surface area contributed by atoms with Gasteiger partial charge in [0.15, 0.2) is 0 Å². The summed E-state index contributed by atoms with van der Waals surface area (Å²) in [7, 11) is -1.71. The summed E-state index contributed by atoms with van der Waals surface area (Å²) in [4.78, 5) is 4.25. The number of imidazole rings is 1. The van der Waals surface area contributed by atoms with Crippen molar-refractivity contribution in [1.82, 2.24) is 14.3 Å². The summed E-state index contributed by atoms with van der Waals surface area (Å²) in [5, 5.41) is 8.92. The van der Waals surface area contributed by atoms with E-state index in [0.717, 1.165) is 0 Å².